The second-order valence-electron chi connectivity index (χ2n) is 7.81. The third-order valence-electron chi connectivity index (χ3n) is 4.20. The lowest BCUT2D eigenvalue weighted by Crippen LogP contribution is -2.50. The first-order chi connectivity index (χ1) is 12.7. The predicted molar refractivity (Wildman–Crippen MR) is 104 cm³/mol. The smallest absolute Gasteiger partial charge is 0.408 e. The van der Waals surface area contributed by atoms with E-state index in [1.165, 1.54) is 11.6 Å². The molecule has 148 valence electrons. The Morgan fingerprint density at radius 3 is 2.59 bits per heavy atom. The van der Waals surface area contributed by atoms with E-state index in [1.807, 2.05) is 39.0 Å². The number of hydrogen-bond acceptors (Lipinski definition) is 5. The number of carbonyl (C=O) groups is 2. The topological polar surface area (TPSA) is 67.9 Å². The average molecular weight is 374 g/mol. The first-order valence-electron chi connectivity index (χ1n) is 9.35. The fourth-order valence-corrected chi connectivity index (χ4v) is 3.10. The zero-order valence-electron chi connectivity index (χ0n) is 16.7. The lowest BCUT2D eigenvalue weighted by molar-refractivity contribution is -0.137. The summed E-state index contributed by atoms with van der Waals surface area (Å²) in [4.78, 5) is 26.4. The first kappa shape index (κ1) is 21.0. The normalized spacial score (nSPS) is 20.6. The highest BCUT2D eigenvalue weighted by Gasteiger charge is 2.38. The maximum atomic E-state index is 12.4. The first-order valence-corrected chi connectivity index (χ1v) is 9.35. The van der Waals surface area contributed by atoms with Gasteiger partial charge in [-0.15, -0.1) is 0 Å². The van der Waals surface area contributed by atoms with Crippen molar-refractivity contribution in [1.82, 2.24) is 10.2 Å². The van der Waals surface area contributed by atoms with Crippen LogP contribution in [0.4, 0.5) is 4.79 Å². The summed E-state index contributed by atoms with van der Waals surface area (Å²) in [6.45, 7) is 9.73. The van der Waals surface area contributed by atoms with Crippen LogP contribution in [0.25, 0.3) is 0 Å². The van der Waals surface area contributed by atoms with Crippen molar-refractivity contribution in [1.29, 1.82) is 0 Å². The van der Waals surface area contributed by atoms with E-state index in [1.54, 1.807) is 13.0 Å². The van der Waals surface area contributed by atoms with E-state index >= 15 is 0 Å². The van der Waals surface area contributed by atoms with Crippen molar-refractivity contribution in [3.05, 3.63) is 48.0 Å². The summed E-state index contributed by atoms with van der Waals surface area (Å²) in [6.07, 6.45) is 3.33. The number of ether oxygens (including phenoxy) is 2. The monoisotopic (exact) mass is 374 g/mol. The lowest BCUT2D eigenvalue weighted by Gasteiger charge is -2.29. The van der Waals surface area contributed by atoms with Crippen LogP contribution in [0.1, 0.15) is 39.7 Å². The van der Waals surface area contributed by atoms with Crippen LogP contribution in [0.5, 0.6) is 0 Å². The standard InChI is InChI=1S/C21H30N2O4/c1-5-26-18(24)11-12-21(22-19(25)27-20(2,3)4)13-14-23(16-21)15-17-9-7-6-8-10-17/h6-12H,5,13-16H2,1-4H3,(H,22,25)/b12-11+. The van der Waals surface area contributed by atoms with Gasteiger partial charge in [0.25, 0.3) is 0 Å². The van der Waals surface area contributed by atoms with E-state index in [4.69, 9.17) is 9.47 Å². The highest BCUT2D eigenvalue weighted by atomic mass is 16.6. The van der Waals surface area contributed by atoms with E-state index in [-0.39, 0.29) is 0 Å². The van der Waals surface area contributed by atoms with Crippen LogP contribution in [-0.4, -0.2) is 47.8 Å². The number of nitrogens with one attached hydrogen (secondary N) is 1. The van der Waals surface area contributed by atoms with Crippen LogP contribution >= 0.6 is 0 Å². The van der Waals surface area contributed by atoms with Gasteiger partial charge in [0.15, 0.2) is 0 Å². The van der Waals surface area contributed by atoms with Crippen LogP contribution in [0, 0.1) is 0 Å². The van der Waals surface area contributed by atoms with Gasteiger partial charge in [-0.05, 0) is 39.7 Å². The van der Waals surface area contributed by atoms with Gasteiger partial charge in [0.1, 0.15) is 5.60 Å². The highest BCUT2D eigenvalue weighted by molar-refractivity contribution is 5.82. The molecule has 1 aromatic carbocycles. The number of rotatable bonds is 6. The predicted octanol–water partition coefficient (Wildman–Crippen LogP) is 3.28. The van der Waals surface area contributed by atoms with Gasteiger partial charge in [0.2, 0.25) is 0 Å². The molecule has 0 spiro atoms. The van der Waals surface area contributed by atoms with Crippen LogP contribution < -0.4 is 5.32 Å². The lowest BCUT2D eigenvalue weighted by atomic mass is 9.98. The van der Waals surface area contributed by atoms with Gasteiger partial charge < -0.3 is 14.8 Å². The van der Waals surface area contributed by atoms with Crippen molar-refractivity contribution >= 4 is 12.1 Å². The Hall–Kier alpha value is -2.34. The molecule has 1 aliphatic rings. The summed E-state index contributed by atoms with van der Waals surface area (Å²) in [5, 5.41) is 2.96. The quantitative estimate of drug-likeness (QED) is 0.611. The molecule has 1 heterocycles. The molecular formula is C21H30N2O4. The third-order valence-corrected chi connectivity index (χ3v) is 4.20. The maximum Gasteiger partial charge on any atom is 0.408 e. The molecule has 1 aromatic rings. The second-order valence-corrected chi connectivity index (χ2v) is 7.81. The average Bonchev–Trinajstić information content (AvgIpc) is 2.95. The Labute approximate surface area is 161 Å². The van der Waals surface area contributed by atoms with E-state index in [9.17, 15) is 9.59 Å². The molecule has 0 aliphatic carbocycles. The second kappa shape index (κ2) is 9.04. The molecule has 2 rings (SSSR count). The van der Waals surface area contributed by atoms with Crippen molar-refractivity contribution in [3.63, 3.8) is 0 Å². The van der Waals surface area contributed by atoms with E-state index in [0.717, 1.165) is 13.1 Å². The zero-order chi connectivity index (χ0) is 19.9. The van der Waals surface area contributed by atoms with E-state index in [2.05, 4.69) is 22.3 Å². The van der Waals surface area contributed by atoms with Gasteiger partial charge in [-0.3, -0.25) is 4.90 Å². The fourth-order valence-electron chi connectivity index (χ4n) is 3.10. The largest absolute Gasteiger partial charge is 0.463 e. The fraction of sp³-hybridized carbons (Fsp3) is 0.524. The van der Waals surface area contributed by atoms with Crippen LogP contribution in [0.15, 0.2) is 42.5 Å². The summed E-state index contributed by atoms with van der Waals surface area (Å²) in [5.41, 5.74) is -0.0394. The summed E-state index contributed by atoms with van der Waals surface area (Å²) in [5.74, 6) is -0.413. The molecule has 0 radical (unpaired) electrons. The number of nitrogens with zero attached hydrogens (tertiary/aromatic N) is 1. The third kappa shape index (κ3) is 7.06. The molecule has 1 unspecified atom stereocenters. The van der Waals surface area contributed by atoms with Gasteiger partial charge >= 0.3 is 12.1 Å². The minimum atomic E-state index is -0.663. The Bertz CT molecular complexity index is 667. The van der Waals surface area contributed by atoms with Gasteiger partial charge in [-0.2, -0.15) is 0 Å². The number of alkyl carbamates (subject to hydrolysis) is 1. The van der Waals surface area contributed by atoms with Crippen molar-refractivity contribution < 1.29 is 19.1 Å². The molecule has 6 heteroatoms. The Balaban J connectivity index is 2.10. The highest BCUT2D eigenvalue weighted by Crippen LogP contribution is 2.25. The number of amides is 1. The minimum Gasteiger partial charge on any atom is -0.463 e. The van der Waals surface area contributed by atoms with Gasteiger partial charge in [-0.25, -0.2) is 9.59 Å². The molecule has 6 nitrogen and oxygen atoms in total. The summed E-state index contributed by atoms with van der Waals surface area (Å²) in [7, 11) is 0. The number of benzene rings is 1. The molecule has 1 N–H and O–H groups in total. The van der Waals surface area contributed by atoms with Crippen LogP contribution in [0.2, 0.25) is 0 Å². The van der Waals surface area contributed by atoms with E-state index < -0.39 is 23.2 Å². The Morgan fingerprint density at radius 2 is 1.96 bits per heavy atom. The molecule has 0 bridgehead atoms. The Kier molecular flexibility index (Phi) is 7.02. The molecule has 1 atom stereocenters. The SMILES string of the molecule is CCOC(=O)/C=C/C1(NC(=O)OC(C)(C)C)CCN(Cc2ccccc2)C1. The molecule has 0 aromatic heterocycles. The molecule has 1 saturated heterocycles. The summed E-state index contributed by atoms with van der Waals surface area (Å²) >= 11 is 0. The van der Waals surface area contributed by atoms with Gasteiger partial charge in [0.05, 0.1) is 12.1 Å². The summed E-state index contributed by atoms with van der Waals surface area (Å²) < 4.78 is 10.4. The van der Waals surface area contributed by atoms with Crippen LogP contribution in [0.3, 0.4) is 0 Å². The molecule has 1 fully saturated rings. The number of hydrogen-bond donors (Lipinski definition) is 1. The van der Waals surface area contributed by atoms with Gasteiger partial charge in [-0.1, -0.05) is 36.4 Å². The summed E-state index contributed by atoms with van der Waals surface area (Å²) in [6, 6.07) is 10.2. The van der Waals surface area contributed by atoms with E-state index in [0.29, 0.717) is 19.6 Å². The van der Waals surface area contributed by atoms with Crippen molar-refractivity contribution in [2.24, 2.45) is 0 Å². The molecule has 1 aliphatic heterocycles. The van der Waals surface area contributed by atoms with Crippen molar-refractivity contribution in [2.75, 3.05) is 19.7 Å². The molecule has 0 saturated carbocycles. The number of likely N-dealkylation sites (tertiary alicyclic amines) is 1. The van der Waals surface area contributed by atoms with Gasteiger partial charge in [0, 0.05) is 25.7 Å². The van der Waals surface area contributed by atoms with Crippen molar-refractivity contribution in [3.8, 4) is 0 Å². The Morgan fingerprint density at radius 1 is 1.26 bits per heavy atom. The zero-order valence-corrected chi connectivity index (χ0v) is 16.7. The maximum absolute atomic E-state index is 12.4. The molecule has 27 heavy (non-hydrogen) atoms. The van der Waals surface area contributed by atoms with Crippen LogP contribution in [-0.2, 0) is 20.8 Å². The molecular weight excluding hydrogens is 344 g/mol. The number of esters is 1. The number of carbonyl (C=O) groups excluding carboxylic acids is 2. The minimum absolute atomic E-state index is 0.315. The molecule has 1 amide bonds. The van der Waals surface area contributed by atoms with Crippen molar-refractivity contribution in [2.45, 2.75) is 51.8 Å².